The van der Waals surface area contributed by atoms with Gasteiger partial charge in [0, 0.05) is 5.56 Å². The quantitative estimate of drug-likeness (QED) is 0.703. The normalized spacial score (nSPS) is 10.4. The Morgan fingerprint density at radius 3 is 2.26 bits per heavy atom. The van der Waals surface area contributed by atoms with Crippen molar-refractivity contribution in [3.63, 3.8) is 0 Å². The zero-order valence-electron chi connectivity index (χ0n) is 12.2. The fraction of sp³-hybridized carbons (Fsp3) is 0.0588. The maximum absolute atomic E-state index is 14.4. The molecule has 0 aliphatic carbocycles. The summed E-state index contributed by atoms with van der Waals surface area (Å²) in [4.78, 5) is 7.49. The van der Waals surface area contributed by atoms with Crippen LogP contribution in [0.3, 0.4) is 0 Å². The van der Waals surface area contributed by atoms with Gasteiger partial charge in [-0.05, 0) is 31.2 Å². The van der Waals surface area contributed by atoms with Crippen LogP contribution in [0.1, 0.15) is 5.56 Å². The Kier molecular flexibility index (Phi) is 4.14. The minimum absolute atomic E-state index is 0.174. The molecule has 2 aromatic carbocycles. The number of hydrogen-bond acceptors (Lipinski definition) is 4. The molecule has 0 amide bonds. The largest absolute Gasteiger partial charge is 0.436 e. The topological polar surface area (TPSA) is 44.2 Å². The van der Waals surface area contributed by atoms with Crippen LogP contribution in [0.5, 0.6) is 23.3 Å². The molecule has 0 fully saturated rings. The van der Waals surface area contributed by atoms with Crippen LogP contribution >= 0.6 is 0 Å². The minimum Gasteiger partial charge on any atom is -0.436 e. The van der Waals surface area contributed by atoms with Gasteiger partial charge >= 0.3 is 0 Å². The van der Waals surface area contributed by atoms with Crippen LogP contribution in [0, 0.1) is 18.6 Å². The highest BCUT2D eigenvalue weighted by atomic mass is 19.1. The molecule has 6 heteroatoms. The number of ether oxygens (including phenoxy) is 2. The molecule has 4 nitrogen and oxygen atoms in total. The summed E-state index contributed by atoms with van der Waals surface area (Å²) in [6.07, 6.45) is 1.12. The highest BCUT2D eigenvalue weighted by Gasteiger charge is 2.16. The summed E-state index contributed by atoms with van der Waals surface area (Å²) in [6.45, 7) is 1.53. The number of benzene rings is 2. The second-order valence-electron chi connectivity index (χ2n) is 4.68. The van der Waals surface area contributed by atoms with Crippen molar-refractivity contribution < 1.29 is 18.3 Å². The molecular weight excluding hydrogens is 302 g/mol. The molecular formula is C17H12F2N2O2. The standard InChI is InChI=1S/C17H12F2N2O2/c1-11-13(18)8-5-9-14(11)23-17-15(19)16(20-10-21-17)22-12-6-3-2-4-7-12/h2-10H,1H3. The molecule has 3 rings (SSSR count). The van der Waals surface area contributed by atoms with Gasteiger partial charge in [-0.3, -0.25) is 0 Å². The molecule has 3 aromatic rings. The Morgan fingerprint density at radius 1 is 0.826 bits per heavy atom. The van der Waals surface area contributed by atoms with Crippen molar-refractivity contribution >= 4 is 0 Å². The molecule has 0 radical (unpaired) electrons. The SMILES string of the molecule is Cc1c(F)cccc1Oc1ncnc(Oc2ccccc2)c1F. The van der Waals surface area contributed by atoms with E-state index in [9.17, 15) is 8.78 Å². The van der Waals surface area contributed by atoms with E-state index in [0.717, 1.165) is 6.33 Å². The molecule has 0 spiro atoms. The van der Waals surface area contributed by atoms with Crippen molar-refractivity contribution in [3.05, 3.63) is 72.1 Å². The average Bonchev–Trinajstić information content (AvgIpc) is 2.56. The van der Waals surface area contributed by atoms with Crippen LogP contribution in [0.25, 0.3) is 0 Å². The zero-order chi connectivity index (χ0) is 16.2. The van der Waals surface area contributed by atoms with Crippen LogP contribution in [0.2, 0.25) is 0 Å². The molecule has 0 unspecified atom stereocenters. The number of para-hydroxylation sites is 1. The molecule has 0 atom stereocenters. The molecule has 0 aliphatic heterocycles. The van der Waals surface area contributed by atoms with Gasteiger partial charge in [0.15, 0.2) is 0 Å². The van der Waals surface area contributed by atoms with E-state index in [1.165, 1.54) is 25.1 Å². The molecule has 0 N–H and O–H groups in total. The minimum atomic E-state index is -0.861. The first-order valence-electron chi connectivity index (χ1n) is 6.81. The summed E-state index contributed by atoms with van der Waals surface area (Å²) in [5, 5.41) is 0. The maximum Gasteiger partial charge on any atom is 0.263 e. The first-order valence-corrected chi connectivity index (χ1v) is 6.81. The fourth-order valence-electron chi connectivity index (χ4n) is 1.88. The van der Waals surface area contributed by atoms with E-state index in [1.54, 1.807) is 24.3 Å². The van der Waals surface area contributed by atoms with Crippen LogP contribution in [-0.4, -0.2) is 9.97 Å². The Morgan fingerprint density at radius 2 is 1.52 bits per heavy atom. The molecule has 116 valence electrons. The lowest BCUT2D eigenvalue weighted by atomic mass is 10.2. The van der Waals surface area contributed by atoms with E-state index in [-0.39, 0.29) is 23.1 Å². The van der Waals surface area contributed by atoms with Gasteiger partial charge in [0.1, 0.15) is 23.6 Å². The Bertz CT molecular complexity index is 826. The fourth-order valence-corrected chi connectivity index (χ4v) is 1.88. The predicted molar refractivity (Wildman–Crippen MR) is 79.7 cm³/mol. The molecule has 23 heavy (non-hydrogen) atoms. The predicted octanol–water partition coefficient (Wildman–Crippen LogP) is 4.65. The van der Waals surface area contributed by atoms with E-state index >= 15 is 0 Å². The van der Waals surface area contributed by atoms with Crippen molar-refractivity contribution in [2.24, 2.45) is 0 Å². The maximum atomic E-state index is 14.4. The van der Waals surface area contributed by atoms with Gasteiger partial charge in [-0.25, -0.2) is 4.39 Å². The summed E-state index contributed by atoms with van der Waals surface area (Å²) in [7, 11) is 0. The number of halogens is 2. The highest BCUT2D eigenvalue weighted by molar-refractivity contribution is 5.37. The Labute approximate surface area is 131 Å². The van der Waals surface area contributed by atoms with Crippen LogP contribution in [0.4, 0.5) is 8.78 Å². The Hall–Kier alpha value is -3.02. The highest BCUT2D eigenvalue weighted by Crippen LogP contribution is 2.31. The lowest BCUT2D eigenvalue weighted by Gasteiger charge is -2.10. The number of aromatic nitrogens is 2. The molecule has 0 saturated heterocycles. The summed E-state index contributed by atoms with van der Waals surface area (Å²) in [6, 6.07) is 12.9. The molecule has 1 heterocycles. The van der Waals surface area contributed by atoms with Gasteiger partial charge in [0.05, 0.1) is 0 Å². The van der Waals surface area contributed by atoms with Crippen molar-refractivity contribution in [1.29, 1.82) is 0 Å². The summed E-state index contributed by atoms with van der Waals surface area (Å²) in [5.41, 5.74) is 0.260. The van der Waals surface area contributed by atoms with Crippen LogP contribution in [0.15, 0.2) is 54.9 Å². The van der Waals surface area contributed by atoms with E-state index in [2.05, 4.69) is 9.97 Å². The lowest BCUT2D eigenvalue weighted by Crippen LogP contribution is -1.99. The monoisotopic (exact) mass is 314 g/mol. The third-order valence-electron chi connectivity index (χ3n) is 3.11. The van der Waals surface area contributed by atoms with E-state index in [0.29, 0.717) is 5.75 Å². The molecule has 1 aromatic heterocycles. The smallest absolute Gasteiger partial charge is 0.263 e. The van der Waals surface area contributed by atoms with Gasteiger partial charge in [-0.1, -0.05) is 24.3 Å². The van der Waals surface area contributed by atoms with Gasteiger partial charge < -0.3 is 9.47 Å². The molecule has 0 aliphatic rings. The number of rotatable bonds is 4. The van der Waals surface area contributed by atoms with Crippen molar-refractivity contribution in [2.45, 2.75) is 6.92 Å². The van der Waals surface area contributed by atoms with Gasteiger partial charge in [0.25, 0.3) is 11.8 Å². The van der Waals surface area contributed by atoms with Gasteiger partial charge in [-0.15, -0.1) is 0 Å². The van der Waals surface area contributed by atoms with Gasteiger partial charge in [-0.2, -0.15) is 14.4 Å². The second kappa shape index (κ2) is 6.39. The summed E-state index contributed by atoms with van der Waals surface area (Å²) in [5.74, 6) is -1.31. The Balaban J connectivity index is 1.89. The van der Waals surface area contributed by atoms with E-state index in [1.807, 2.05) is 6.07 Å². The summed E-state index contributed by atoms with van der Waals surface area (Å²) < 4.78 is 38.6. The summed E-state index contributed by atoms with van der Waals surface area (Å²) >= 11 is 0. The van der Waals surface area contributed by atoms with Crippen molar-refractivity contribution in [1.82, 2.24) is 9.97 Å². The van der Waals surface area contributed by atoms with Crippen LogP contribution in [-0.2, 0) is 0 Å². The first kappa shape index (κ1) is 14.9. The third-order valence-corrected chi connectivity index (χ3v) is 3.11. The number of hydrogen-bond donors (Lipinski definition) is 0. The van der Waals surface area contributed by atoms with Crippen molar-refractivity contribution in [2.75, 3.05) is 0 Å². The lowest BCUT2D eigenvalue weighted by molar-refractivity contribution is 0.373. The van der Waals surface area contributed by atoms with Crippen molar-refractivity contribution in [3.8, 4) is 23.3 Å². The van der Waals surface area contributed by atoms with E-state index < -0.39 is 11.6 Å². The number of nitrogens with zero attached hydrogens (tertiary/aromatic N) is 2. The molecule has 0 bridgehead atoms. The average molecular weight is 314 g/mol. The van der Waals surface area contributed by atoms with E-state index in [4.69, 9.17) is 9.47 Å². The van der Waals surface area contributed by atoms with Crippen LogP contribution < -0.4 is 9.47 Å². The second-order valence-corrected chi connectivity index (χ2v) is 4.68. The molecule has 0 saturated carbocycles. The zero-order valence-corrected chi connectivity index (χ0v) is 12.2. The third kappa shape index (κ3) is 3.26. The van der Waals surface area contributed by atoms with Gasteiger partial charge in [0.2, 0.25) is 5.82 Å². The first-order chi connectivity index (χ1) is 11.1.